The summed E-state index contributed by atoms with van der Waals surface area (Å²) in [5, 5.41) is 3.24. The standard InChI is InChI=1S/C13H13NOS/c15-13(14-6-1-2-7-14)11-3-4-12-10(9-11)5-8-16-12/h3-5,8-9H,1-2,6-7H2. The monoisotopic (exact) mass is 231 g/mol. The molecule has 1 amide bonds. The summed E-state index contributed by atoms with van der Waals surface area (Å²) in [4.78, 5) is 14.1. The second-order valence-corrected chi connectivity index (χ2v) is 5.12. The summed E-state index contributed by atoms with van der Waals surface area (Å²) in [6, 6.07) is 8.07. The number of carbonyl (C=O) groups excluding carboxylic acids is 1. The Balaban J connectivity index is 1.95. The molecule has 3 rings (SSSR count). The van der Waals surface area contributed by atoms with Gasteiger partial charge >= 0.3 is 0 Å². The summed E-state index contributed by atoms with van der Waals surface area (Å²) in [5.74, 6) is 0.186. The van der Waals surface area contributed by atoms with Crippen molar-refractivity contribution in [2.24, 2.45) is 0 Å². The molecule has 0 unspecified atom stereocenters. The van der Waals surface area contributed by atoms with Crippen molar-refractivity contribution in [2.45, 2.75) is 12.8 Å². The van der Waals surface area contributed by atoms with Crippen molar-refractivity contribution in [1.29, 1.82) is 0 Å². The largest absolute Gasteiger partial charge is 0.339 e. The van der Waals surface area contributed by atoms with E-state index in [1.165, 1.54) is 10.1 Å². The molecule has 16 heavy (non-hydrogen) atoms. The number of hydrogen-bond acceptors (Lipinski definition) is 2. The van der Waals surface area contributed by atoms with Gasteiger partial charge in [0.1, 0.15) is 0 Å². The van der Waals surface area contributed by atoms with Crippen LogP contribution in [0.1, 0.15) is 23.2 Å². The minimum atomic E-state index is 0.186. The lowest BCUT2D eigenvalue weighted by atomic mass is 10.1. The van der Waals surface area contributed by atoms with Gasteiger partial charge in [0.25, 0.3) is 5.91 Å². The molecular formula is C13H13NOS. The first-order chi connectivity index (χ1) is 7.84. The summed E-state index contributed by atoms with van der Waals surface area (Å²) in [5.41, 5.74) is 0.827. The zero-order valence-electron chi connectivity index (χ0n) is 8.98. The van der Waals surface area contributed by atoms with Crippen LogP contribution in [-0.2, 0) is 0 Å². The van der Waals surface area contributed by atoms with Gasteiger partial charge in [-0.05, 0) is 47.9 Å². The Bertz CT molecular complexity index is 525. The molecule has 1 fully saturated rings. The molecule has 0 radical (unpaired) electrons. The van der Waals surface area contributed by atoms with E-state index in [4.69, 9.17) is 0 Å². The van der Waals surface area contributed by atoms with Crippen LogP contribution in [-0.4, -0.2) is 23.9 Å². The number of fused-ring (bicyclic) bond motifs is 1. The summed E-state index contributed by atoms with van der Waals surface area (Å²) in [6.45, 7) is 1.83. The number of thiophene rings is 1. The average Bonchev–Trinajstić information content (AvgIpc) is 2.98. The summed E-state index contributed by atoms with van der Waals surface area (Å²) in [6.07, 6.45) is 2.29. The predicted octanol–water partition coefficient (Wildman–Crippen LogP) is 3.14. The Kier molecular flexibility index (Phi) is 2.40. The van der Waals surface area contributed by atoms with Crippen molar-refractivity contribution in [3.63, 3.8) is 0 Å². The Morgan fingerprint density at radius 2 is 2.00 bits per heavy atom. The minimum absolute atomic E-state index is 0.186. The third kappa shape index (κ3) is 1.61. The molecule has 3 heteroatoms. The summed E-state index contributed by atoms with van der Waals surface area (Å²) < 4.78 is 1.25. The first-order valence-corrected chi connectivity index (χ1v) is 6.49. The quantitative estimate of drug-likeness (QED) is 0.738. The highest BCUT2D eigenvalue weighted by atomic mass is 32.1. The molecule has 0 spiro atoms. The fourth-order valence-corrected chi connectivity index (χ4v) is 2.97. The zero-order valence-corrected chi connectivity index (χ0v) is 9.80. The number of likely N-dealkylation sites (tertiary alicyclic amines) is 1. The van der Waals surface area contributed by atoms with Crippen LogP contribution in [0.2, 0.25) is 0 Å². The average molecular weight is 231 g/mol. The first-order valence-electron chi connectivity index (χ1n) is 5.61. The van der Waals surface area contributed by atoms with E-state index in [9.17, 15) is 4.79 Å². The molecule has 1 aliphatic heterocycles. The Morgan fingerprint density at radius 3 is 2.81 bits per heavy atom. The van der Waals surface area contributed by atoms with E-state index in [1.807, 2.05) is 23.1 Å². The number of amides is 1. The lowest BCUT2D eigenvalue weighted by molar-refractivity contribution is 0.0793. The van der Waals surface area contributed by atoms with Crippen molar-refractivity contribution in [2.75, 3.05) is 13.1 Å². The van der Waals surface area contributed by atoms with E-state index in [2.05, 4.69) is 11.4 Å². The smallest absolute Gasteiger partial charge is 0.253 e. The number of carbonyl (C=O) groups is 1. The molecule has 1 saturated heterocycles. The van der Waals surface area contributed by atoms with Gasteiger partial charge in [-0.3, -0.25) is 4.79 Å². The number of hydrogen-bond donors (Lipinski definition) is 0. The van der Waals surface area contributed by atoms with Crippen LogP contribution in [0, 0.1) is 0 Å². The van der Waals surface area contributed by atoms with Gasteiger partial charge < -0.3 is 4.90 Å². The molecule has 0 N–H and O–H groups in total. The van der Waals surface area contributed by atoms with Gasteiger partial charge in [-0.1, -0.05) is 0 Å². The fraction of sp³-hybridized carbons (Fsp3) is 0.308. The second-order valence-electron chi connectivity index (χ2n) is 4.17. The van der Waals surface area contributed by atoms with Crippen molar-refractivity contribution in [3.05, 3.63) is 35.2 Å². The Hall–Kier alpha value is -1.35. The number of rotatable bonds is 1. The third-order valence-electron chi connectivity index (χ3n) is 3.09. The normalized spacial score (nSPS) is 15.9. The molecular weight excluding hydrogens is 218 g/mol. The minimum Gasteiger partial charge on any atom is -0.339 e. The highest BCUT2D eigenvalue weighted by molar-refractivity contribution is 7.17. The van der Waals surface area contributed by atoms with E-state index in [-0.39, 0.29) is 5.91 Å². The van der Waals surface area contributed by atoms with Crippen LogP contribution in [0.15, 0.2) is 29.6 Å². The van der Waals surface area contributed by atoms with Crippen LogP contribution in [0.25, 0.3) is 10.1 Å². The molecule has 2 heterocycles. The van der Waals surface area contributed by atoms with Gasteiger partial charge in [0.05, 0.1) is 0 Å². The van der Waals surface area contributed by atoms with E-state index < -0.39 is 0 Å². The maximum atomic E-state index is 12.1. The molecule has 1 aromatic heterocycles. The lowest BCUT2D eigenvalue weighted by Gasteiger charge is -2.14. The Labute approximate surface area is 98.5 Å². The van der Waals surface area contributed by atoms with E-state index in [0.717, 1.165) is 31.5 Å². The zero-order chi connectivity index (χ0) is 11.0. The maximum absolute atomic E-state index is 12.1. The number of benzene rings is 1. The number of nitrogens with zero attached hydrogens (tertiary/aromatic N) is 1. The molecule has 0 saturated carbocycles. The molecule has 1 aliphatic rings. The molecule has 2 nitrogen and oxygen atoms in total. The molecule has 0 bridgehead atoms. The van der Waals surface area contributed by atoms with Crippen LogP contribution >= 0.6 is 11.3 Å². The summed E-state index contributed by atoms with van der Waals surface area (Å²) in [7, 11) is 0. The molecule has 2 aromatic rings. The van der Waals surface area contributed by atoms with Gasteiger partial charge in [-0.25, -0.2) is 0 Å². The van der Waals surface area contributed by atoms with Gasteiger partial charge in [0.15, 0.2) is 0 Å². The second kappa shape index (κ2) is 3.91. The lowest BCUT2D eigenvalue weighted by Crippen LogP contribution is -2.27. The Morgan fingerprint density at radius 1 is 1.19 bits per heavy atom. The van der Waals surface area contributed by atoms with Crippen molar-refractivity contribution >= 4 is 27.3 Å². The highest BCUT2D eigenvalue weighted by Crippen LogP contribution is 2.23. The van der Waals surface area contributed by atoms with Crippen molar-refractivity contribution < 1.29 is 4.79 Å². The van der Waals surface area contributed by atoms with Gasteiger partial charge in [0.2, 0.25) is 0 Å². The van der Waals surface area contributed by atoms with Crippen LogP contribution < -0.4 is 0 Å². The van der Waals surface area contributed by atoms with E-state index >= 15 is 0 Å². The molecule has 82 valence electrons. The van der Waals surface area contributed by atoms with Crippen LogP contribution in [0.3, 0.4) is 0 Å². The van der Waals surface area contributed by atoms with Gasteiger partial charge in [-0.2, -0.15) is 0 Å². The maximum Gasteiger partial charge on any atom is 0.253 e. The topological polar surface area (TPSA) is 20.3 Å². The van der Waals surface area contributed by atoms with E-state index in [1.54, 1.807) is 11.3 Å². The third-order valence-corrected chi connectivity index (χ3v) is 3.99. The highest BCUT2D eigenvalue weighted by Gasteiger charge is 2.19. The van der Waals surface area contributed by atoms with Gasteiger partial charge in [-0.15, -0.1) is 11.3 Å². The predicted molar refractivity (Wildman–Crippen MR) is 67.0 cm³/mol. The van der Waals surface area contributed by atoms with Gasteiger partial charge in [0, 0.05) is 23.4 Å². The first kappa shape index (κ1) is 9.85. The summed E-state index contributed by atoms with van der Waals surface area (Å²) >= 11 is 1.72. The molecule has 0 atom stereocenters. The van der Waals surface area contributed by atoms with E-state index in [0.29, 0.717) is 0 Å². The van der Waals surface area contributed by atoms with Crippen LogP contribution in [0.4, 0.5) is 0 Å². The van der Waals surface area contributed by atoms with Crippen molar-refractivity contribution in [3.8, 4) is 0 Å². The fourth-order valence-electron chi connectivity index (χ4n) is 2.20. The SMILES string of the molecule is O=C(c1ccc2sccc2c1)N1CCCC1. The van der Waals surface area contributed by atoms with Crippen LogP contribution in [0.5, 0.6) is 0 Å². The molecule has 0 aliphatic carbocycles. The molecule has 1 aromatic carbocycles. The van der Waals surface area contributed by atoms with Crippen molar-refractivity contribution in [1.82, 2.24) is 4.90 Å².